The highest BCUT2D eigenvalue weighted by Crippen LogP contribution is 2.43. The average molecular weight is 347 g/mol. The number of fused-ring (bicyclic) bond motifs is 1. The number of benzene rings is 1. The molecule has 2 aromatic rings. The van der Waals surface area contributed by atoms with Crippen LogP contribution in [0.2, 0.25) is 0 Å². The third-order valence-corrected chi connectivity index (χ3v) is 5.28. The molecule has 0 radical (unpaired) electrons. The summed E-state index contributed by atoms with van der Waals surface area (Å²) in [6, 6.07) is 4.97. The quantitative estimate of drug-likeness (QED) is 0.808. The molecule has 0 spiro atoms. The van der Waals surface area contributed by atoms with Crippen LogP contribution in [0.3, 0.4) is 0 Å². The Labute approximate surface area is 146 Å². The fraction of sp³-hybridized carbons (Fsp3) is 0.526. The van der Waals surface area contributed by atoms with Crippen molar-refractivity contribution in [2.75, 3.05) is 18.6 Å². The SMILES string of the molecule is CC1CCc2c(ccc(-c3cnn(C4CC4)c3)c2OCC(F)F)N1C. The summed E-state index contributed by atoms with van der Waals surface area (Å²) >= 11 is 0. The van der Waals surface area contributed by atoms with E-state index in [1.165, 1.54) is 0 Å². The summed E-state index contributed by atoms with van der Waals surface area (Å²) in [6.45, 7) is 1.59. The summed E-state index contributed by atoms with van der Waals surface area (Å²) in [5.41, 5.74) is 3.88. The van der Waals surface area contributed by atoms with Gasteiger partial charge in [-0.05, 0) is 44.7 Å². The molecule has 1 saturated carbocycles. The van der Waals surface area contributed by atoms with Crippen molar-refractivity contribution in [3.63, 3.8) is 0 Å². The maximum absolute atomic E-state index is 12.8. The van der Waals surface area contributed by atoms with Gasteiger partial charge in [0, 0.05) is 41.7 Å². The molecule has 1 aromatic heterocycles. The molecule has 25 heavy (non-hydrogen) atoms. The van der Waals surface area contributed by atoms with Gasteiger partial charge in [0.25, 0.3) is 6.43 Å². The molecule has 0 N–H and O–H groups in total. The van der Waals surface area contributed by atoms with Crippen molar-refractivity contribution in [2.45, 2.75) is 51.1 Å². The minimum Gasteiger partial charge on any atom is -0.487 e. The maximum atomic E-state index is 12.8. The van der Waals surface area contributed by atoms with Crippen molar-refractivity contribution in [1.29, 1.82) is 0 Å². The van der Waals surface area contributed by atoms with Crippen molar-refractivity contribution in [2.24, 2.45) is 0 Å². The second-order valence-electron chi connectivity index (χ2n) is 7.08. The molecule has 134 valence electrons. The van der Waals surface area contributed by atoms with Gasteiger partial charge in [-0.1, -0.05) is 0 Å². The molecule has 1 unspecified atom stereocenters. The summed E-state index contributed by atoms with van der Waals surface area (Å²) in [7, 11) is 2.05. The lowest BCUT2D eigenvalue weighted by Gasteiger charge is -2.35. The van der Waals surface area contributed by atoms with Crippen molar-refractivity contribution in [1.82, 2.24) is 9.78 Å². The lowest BCUT2D eigenvalue weighted by atomic mass is 9.93. The Morgan fingerprint density at radius 1 is 1.28 bits per heavy atom. The van der Waals surface area contributed by atoms with Gasteiger partial charge in [-0.2, -0.15) is 5.10 Å². The zero-order chi connectivity index (χ0) is 17.6. The Morgan fingerprint density at radius 2 is 2.08 bits per heavy atom. The molecule has 1 aliphatic heterocycles. The van der Waals surface area contributed by atoms with E-state index in [1.807, 2.05) is 30.2 Å². The Hall–Kier alpha value is -2.11. The van der Waals surface area contributed by atoms with Crippen LogP contribution in [0, 0.1) is 0 Å². The number of alkyl halides is 2. The molecule has 2 heterocycles. The fourth-order valence-electron chi connectivity index (χ4n) is 3.53. The minimum atomic E-state index is -2.49. The zero-order valence-corrected chi connectivity index (χ0v) is 14.6. The minimum absolute atomic E-state index is 0.430. The number of nitrogens with zero attached hydrogens (tertiary/aromatic N) is 3. The second-order valence-corrected chi connectivity index (χ2v) is 7.08. The molecule has 6 heteroatoms. The summed E-state index contributed by atoms with van der Waals surface area (Å²) in [5.74, 6) is 0.590. The Kier molecular flexibility index (Phi) is 4.13. The van der Waals surface area contributed by atoms with Gasteiger partial charge in [0.2, 0.25) is 0 Å². The van der Waals surface area contributed by atoms with Crippen LogP contribution in [0.5, 0.6) is 5.75 Å². The number of aromatic nitrogens is 2. The first-order valence-electron chi connectivity index (χ1n) is 8.88. The first kappa shape index (κ1) is 16.4. The van der Waals surface area contributed by atoms with Crippen molar-refractivity contribution < 1.29 is 13.5 Å². The van der Waals surface area contributed by atoms with Gasteiger partial charge in [0.05, 0.1) is 12.2 Å². The Morgan fingerprint density at radius 3 is 2.80 bits per heavy atom. The fourth-order valence-corrected chi connectivity index (χ4v) is 3.53. The van der Waals surface area contributed by atoms with E-state index in [9.17, 15) is 8.78 Å². The van der Waals surface area contributed by atoms with E-state index in [2.05, 4.69) is 23.0 Å². The maximum Gasteiger partial charge on any atom is 0.272 e. The van der Waals surface area contributed by atoms with Crippen LogP contribution in [0.4, 0.5) is 14.5 Å². The van der Waals surface area contributed by atoms with Crippen LogP contribution in [0.25, 0.3) is 11.1 Å². The molecule has 1 aromatic carbocycles. The number of hydrogen-bond acceptors (Lipinski definition) is 3. The number of anilines is 1. The molecule has 0 bridgehead atoms. The molecule has 1 fully saturated rings. The van der Waals surface area contributed by atoms with Gasteiger partial charge in [-0.3, -0.25) is 4.68 Å². The molecular weight excluding hydrogens is 324 g/mol. The Balaban J connectivity index is 1.76. The first-order valence-corrected chi connectivity index (χ1v) is 8.88. The van der Waals surface area contributed by atoms with Crippen LogP contribution in [0.15, 0.2) is 24.5 Å². The highest BCUT2D eigenvalue weighted by atomic mass is 19.3. The van der Waals surface area contributed by atoms with Gasteiger partial charge in [0.1, 0.15) is 12.4 Å². The van der Waals surface area contributed by atoms with E-state index in [-0.39, 0.29) is 0 Å². The number of rotatable bonds is 5. The monoisotopic (exact) mass is 347 g/mol. The molecule has 1 aliphatic carbocycles. The summed E-state index contributed by atoms with van der Waals surface area (Å²) in [5, 5.41) is 4.43. The van der Waals surface area contributed by atoms with Crippen LogP contribution >= 0.6 is 0 Å². The van der Waals surface area contributed by atoms with E-state index < -0.39 is 13.0 Å². The summed E-state index contributed by atoms with van der Waals surface area (Å²) in [4.78, 5) is 2.20. The predicted molar refractivity (Wildman–Crippen MR) is 93.6 cm³/mol. The van der Waals surface area contributed by atoms with Crippen LogP contribution in [-0.2, 0) is 6.42 Å². The largest absolute Gasteiger partial charge is 0.487 e. The highest BCUT2D eigenvalue weighted by Gasteiger charge is 2.28. The predicted octanol–water partition coefficient (Wildman–Crippen LogP) is 4.30. The lowest BCUT2D eigenvalue weighted by Crippen LogP contribution is -2.33. The molecule has 0 amide bonds. The highest BCUT2D eigenvalue weighted by molar-refractivity contribution is 5.77. The number of hydrogen-bond donors (Lipinski definition) is 0. The number of halogens is 2. The number of ether oxygens (including phenoxy) is 1. The molecule has 4 nitrogen and oxygen atoms in total. The van der Waals surface area contributed by atoms with Gasteiger partial charge >= 0.3 is 0 Å². The topological polar surface area (TPSA) is 30.3 Å². The molecule has 2 aliphatic rings. The van der Waals surface area contributed by atoms with Crippen molar-refractivity contribution in [3.05, 3.63) is 30.1 Å². The standard InChI is InChI=1S/C19H23F2N3O/c1-12-3-6-16-17(23(12)2)8-7-15(19(16)25-11-18(20)21)13-9-22-24(10-13)14-4-5-14/h7-10,12,14,18H,3-6,11H2,1-2H3. The van der Waals surface area contributed by atoms with Crippen LogP contribution in [-0.4, -0.2) is 35.9 Å². The van der Waals surface area contributed by atoms with Gasteiger partial charge in [0.15, 0.2) is 0 Å². The molecule has 0 saturated heterocycles. The second kappa shape index (κ2) is 6.32. The molecular formula is C19H23F2N3O. The van der Waals surface area contributed by atoms with Crippen LogP contribution < -0.4 is 9.64 Å². The summed E-state index contributed by atoms with van der Waals surface area (Å²) in [6.07, 6.45) is 5.46. The summed E-state index contributed by atoms with van der Waals surface area (Å²) < 4.78 is 33.2. The van der Waals surface area contributed by atoms with E-state index in [0.29, 0.717) is 17.8 Å². The third kappa shape index (κ3) is 3.10. The zero-order valence-electron chi connectivity index (χ0n) is 14.6. The van der Waals surface area contributed by atoms with E-state index in [0.717, 1.165) is 48.1 Å². The third-order valence-electron chi connectivity index (χ3n) is 5.28. The normalized spacial score (nSPS) is 20.0. The molecule has 1 atom stereocenters. The van der Waals surface area contributed by atoms with E-state index in [4.69, 9.17) is 4.74 Å². The Bertz CT molecular complexity index is 770. The smallest absolute Gasteiger partial charge is 0.272 e. The van der Waals surface area contributed by atoms with Crippen molar-refractivity contribution in [3.8, 4) is 16.9 Å². The lowest BCUT2D eigenvalue weighted by molar-refractivity contribution is 0.0816. The molecule has 4 rings (SSSR count). The van der Waals surface area contributed by atoms with Crippen LogP contribution in [0.1, 0.15) is 37.8 Å². The van der Waals surface area contributed by atoms with E-state index >= 15 is 0 Å². The van der Waals surface area contributed by atoms with Gasteiger partial charge < -0.3 is 9.64 Å². The first-order chi connectivity index (χ1) is 12.0. The van der Waals surface area contributed by atoms with Gasteiger partial charge in [-0.25, -0.2) is 8.78 Å². The van der Waals surface area contributed by atoms with E-state index in [1.54, 1.807) is 0 Å². The average Bonchev–Trinajstić information content (AvgIpc) is 3.33. The van der Waals surface area contributed by atoms with Crippen molar-refractivity contribution >= 4 is 5.69 Å². The van der Waals surface area contributed by atoms with Gasteiger partial charge in [-0.15, -0.1) is 0 Å².